The Morgan fingerprint density at radius 3 is 2.65 bits per heavy atom. The summed E-state index contributed by atoms with van der Waals surface area (Å²) in [5.41, 5.74) is 1.27. The van der Waals surface area contributed by atoms with Crippen molar-refractivity contribution in [1.82, 2.24) is 5.16 Å². The van der Waals surface area contributed by atoms with Crippen LogP contribution in [-0.2, 0) is 0 Å². The van der Waals surface area contributed by atoms with Gasteiger partial charge in [0.05, 0.1) is 16.2 Å². The minimum atomic E-state index is -0.424. The van der Waals surface area contributed by atoms with Crippen molar-refractivity contribution >= 4 is 5.69 Å². The van der Waals surface area contributed by atoms with Crippen LogP contribution in [0.3, 0.4) is 0 Å². The molecule has 1 aromatic carbocycles. The highest BCUT2D eigenvalue weighted by Gasteiger charge is 2.18. The Morgan fingerprint density at radius 2 is 2.06 bits per heavy atom. The van der Waals surface area contributed by atoms with Crippen LogP contribution in [0.2, 0.25) is 0 Å². The van der Waals surface area contributed by atoms with Crippen molar-refractivity contribution in [3.05, 3.63) is 46.1 Å². The maximum absolute atomic E-state index is 10.9. The third-order valence-corrected chi connectivity index (χ3v) is 2.49. The molecule has 0 aliphatic carbocycles. The van der Waals surface area contributed by atoms with Gasteiger partial charge in [-0.3, -0.25) is 10.1 Å². The summed E-state index contributed by atoms with van der Waals surface area (Å²) in [6, 6.07) is 8.21. The van der Waals surface area contributed by atoms with Gasteiger partial charge in [-0.05, 0) is 12.0 Å². The molecule has 0 radical (unpaired) electrons. The van der Waals surface area contributed by atoms with E-state index >= 15 is 0 Å². The largest absolute Gasteiger partial charge is 0.356 e. The molecule has 0 spiro atoms. The van der Waals surface area contributed by atoms with Crippen LogP contribution in [0.15, 0.2) is 34.9 Å². The average Bonchev–Trinajstić information content (AvgIpc) is 2.78. The molecular weight excluding hydrogens is 220 g/mol. The third-order valence-electron chi connectivity index (χ3n) is 2.49. The summed E-state index contributed by atoms with van der Waals surface area (Å²) in [5.74, 6) is 0.663. The van der Waals surface area contributed by atoms with Crippen molar-refractivity contribution in [3.63, 3.8) is 0 Å². The number of nitrogens with zero attached hydrogens (tertiary/aromatic N) is 2. The Bertz CT molecular complexity index is 546. The fraction of sp³-hybridized carbons (Fsp3) is 0.250. The zero-order valence-corrected chi connectivity index (χ0v) is 9.58. The molecule has 2 rings (SSSR count). The topological polar surface area (TPSA) is 69.2 Å². The lowest BCUT2D eigenvalue weighted by Crippen LogP contribution is -1.90. The number of hydrogen-bond acceptors (Lipinski definition) is 4. The van der Waals surface area contributed by atoms with Gasteiger partial charge >= 0.3 is 0 Å². The predicted octanol–water partition coefficient (Wildman–Crippen LogP) is 3.37. The molecule has 0 aliphatic heterocycles. The van der Waals surface area contributed by atoms with E-state index < -0.39 is 4.92 Å². The van der Waals surface area contributed by atoms with E-state index in [4.69, 9.17) is 4.52 Å². The van der Waals surface area contributed by atoms with E-state index in [0.29, 0.717) is 11.3 Å². The fourth-order valence-electron chi connectivity index (χ4n) is 1.53. The van der Waals surface area contributed by atoms with E-state index in [1.54, 1.807) is 24.3 Å². The van der Waals surface area contributed by atoms with Gasteiger partial charge in [0.15, 0.2) is 5.76 Å². The maximum atomic E-state index is 10.9. The first-order chi connectivity index (χ1) is 8.09. The summed E-state index contributed by atoms with van der Waals surface area (Å²) in [6.07, 6.45) is 0. The molecule has 0 amide bonds. The van der Waals surface area contributed by atoms with E-state index in [0.717, 1.165) is 5.69 Å². The smallest absolute Gasteiger partial charge is 0.280 e. The lowest BCUT2D eigenvalue weighted by atomic mass is 10.1. The predicted molar refractivity (Wildman–Crippen MR) is 62.7 cm³/mol. The Labute approximate surface area is 98.2 Å². The second kappa shape index (κ2) is 4.37. The molecule has 5 heteroatoms. The molecule has 0 fully saturated rings. The molecule has 0 unspecified atom stereocenters. The Morgan fingerprint density at radius 1 is 1.35 bits per heavy atom. The molecule has 5 nitrogen and oxygen atoms in total. The van der Waals surface area contributed by atoms with E-state index in [-0.39, 0.29) is 11.6 Å². The number of nitro groups is 1. The Kier molecular flexibility index (Phi) is 2.91. The Balaban J connectivity index is 2.49. The first kappa shape index (κ1) is 11.3. The van der Waals surface area contributed by atoms with Gasteiger partial charge in [0.1, 0.15) is 0 Å². The van der Waals surface area contributed by atoms with Gasteiger partial charge in [0.2, 0.25) is 0 Å². The van der Waals surface area contributed by atoms with Crippen LogP contribution in [-0.4, -0.2) is 10.1 Å². The summed E-state index contributed by atoms with van der Waals surface area (Å²) in [6.45, 7) is 3.97. The summed E-state index contributed by atoms with van der Waals surface area (Å²) in [4.78, 5) is 10.5. The Hall–Kier alpha value is -2.17. The second-order valence-electron chi connectivity index (χ2n) is 4.04. The molecule has 1 aromatic heterocycles. The first-order valence-corrected chi connectivity index (χ1v) is 5.30. The normalized spacial score (nSPS) is 10.8. The number of aromatic nitrogens is 1. The highest BCUT2D eigenvalue weighted by atomic mass is 16.6. The van der Waals surface area contributed by atoms with Gasteiger partial charge in [-0.2, -0.15) is 0 Å². The number of para-hydroxylation sites is 1. The van der Waals surface area contributed by atoms with E-state index in [9.17, 15) is 10.1 Å². The second-order valence-corrected chi connectivity index (χ2v) is 4.04. The van der Waals surface area contributed by atoms with Gasteiger partial charge in [0, 0.05) is 12.1 Å². The van der Waals surface area contributed by atoms with E-state index in [2.05, 4.69) is 5.16 Å². The first-order valence-electron chi connectivity index (χ1n) is 5.30. The number of rotatable bonds is 3. The minimum Gasteiger partial charge on any atom is -0.356 e. The van der Waals surface area contributed by atoms with Crippen molar-refractivity contribution in [2.24, 2.45) is 0 Å². The molecule has 1 heterocycles. The molecule has 0 atom stereocenters. The lowest BCUT2D eigenvalue weighted by molar-refractivity contribution is -0.384. The molecular formula is C12H12N2O3. The van der Waals surface area contributed by atoms with Crippen LogP contribution >= 0.6 is 0 Å². The fourth-order valence-corrected chi connectivity index (χ4v) is 1.53. The van der Waals surface area contributed by atoms with Gasteiger partial charge in [-0.25, -0.2) is 0 Å². The zero-order valence-electron chi connectivity index (χ0n) is 9.58. The zero-order chi connectivity index (χ0) is 12.4. The summed E-state index contributed by atoms with van der Waals surface area (Å²) in [7, 11) is 0. The highest BCUT2D eigenvalue weighted by molar-refractivity contribution is 5.69. The molecule has 88 valence electrons. The van der Waals surface area contributed by atoms with Crippen LogP contribution in [0.5, 0.6) is 0 Å². The number of nitro benzene ring substituents is 1. The minimum absolute atomic E-state index is 0.0268. The van der Waals surface area contributed by atoms with Crippen LogP contribution in [0, 0.1) is 10.1 Å². The van der Waals surface area contributed by atoms with Crippen molar-refractivity contribution in [2.75, 3.05) is 0 Å². The molecule has 0 saturated heterocycles. The number of hydrogen-bond donors (Lipinski definition) is 0. The maximum Gasteiger partial charge on any atom is 0.280 e. The molecule has 2 aromatic rings. The van der Waals surface area contributed by atoms with Crippen LogP contribution in [0.4, 0.5) is 5.69 Å². The quantitative estimate of drug-likeness (QED) is 0.600. The van der Waals surface area contributed by atoms with Crippen molar-refractivity contribution in [3.8, 4) is 11.3 Å². The van der Waals surface area contributed by atoms with Crippen molar-refractivity contribution in [2.45, 2.75) is 19.8 Å². The highest BCUT2D eigenvalue weighted by Crippen LogP contribution is 2.31. The van der Waals surface area contributed by atoms with Crippen molar-refractivity contribution < 1.29 is 9.45 Å². The summed E-state index contributed by atoms with van der Waals surface area (Å²) in [5, 5.41) is 14.8. The van der Waals surface area contributed by atoms with Gasteiger partial charge in [0.25, 0.3) is 5.69 Å². The molecule has 0 saturated carbocycles. The van der Waals surface area contributed by atoms with Gasteiger partial charge in [-0.1, -0.05) is 31.1 Å². The third kappa shape index (κ3) is 2.18. The molecule has 0 N–H and O–H groups in total. The van der Waals surface area contributed by atoms with E-state index in [1.165, 1.54) is 6.07 Å². The SMILES string of the molecule is CC(C)c1cc(-c2ccccc2[N+](=O)[O-])on1. The summed E-state index contributed by atoms with van der Waals surface area (Å²) >= 11 is 0. The van der Waals surface area contributed by atoms with Crippen molar-refractivity contribution in [1.29, 1.82) is 0 Å². The monoisotopic (exact) mass is 232 g/mol. The molecule has 0 bridgehead atoms. The lowest BCUT2D eigenvalue weighted by Gasteiger charge is -1.97. The average molecular weight is 232 g/mol. The van der Waals surface area contributed by atoms with E-state index in [1.807, 2.05) is 13.8 Å². The van der Waals surface area contributed by atoms with Crippen LogP contribution < -0.4 is 0 Å². The van der Waals surface area contributed by atoms with Gasteiger partial charge < -0.3 is 4.52 Å². The standard InChI is InChI=1S/C12H12N2O3/c1-8(2)10-7-12(17-13-10)9-5-3-4-6-11(9)14(15)16/h3-8H,1-2H3. The summed E-state index contributed by atoms with van der Waals surface area (Å²) < 4.78 is 5.15. The molecule has 17 heavy (non-hydrogen) atoms. The van der Waals surface area contributed by atoms with Gasteiger partial charge in [-0.15, -0.1) is 0 Å². The number of benzene rings is 1. The van der Waals surface area contributed by atoms with Crippen LogP contribution in [0.1, 0.15) is 25.5 Å². The van der Waals surface area contributed by atoms with Crippen LogP contribution in [0.25, 0.3) is 11.3 Å². The molecule has 0 aliphatic rings.